The van der Waals surface area contributed by atoms with E-state index in [-0.39, 0.29) is 16.9 Å². The molecule has 0 fully saturated rings. The van der Waals surface area contributed by atoms with Crippen molar-refractivity contribution in [1.82, 2.24) is 9.78 Å². The van der Waals surface area contributed by atoms with Crippen LogP contribution >= 0.6 is 11.8 Å². The summed E-state index contributed by atoms with van der Waals surface area (Å²) in [6.07, 6.45) is 0.408. The van der Waals surface area contributed by atoms with Crippen molar-refractivity contribution < 1.29 is 4.79 Å². The van der Waals surface area contributed by atoms with Gasteiger partial charge in [-0.25, -0.2) is 4.68 Å². The maximum Gasteiger partial charge on any atom is 0.226 e. The molecule has 1 aromatic heterocycles. The Morgan fingerprint density at radius 1 is 1.19 bits per heavy atom. The monoisotopic (exact) mass is 384 g/mol. The van der Waals surface area contributed by atoms with Gasteiger partial charge in [-0.3, -0.25) is 4.79 Å². The smallest absolute Gasteiger partial charge is 0.226 e. The summed E-state index contributed by atoms with van der Waals surface area (Å²) in [7, 11) is 0. The Balaban J connectivity index is 2.00. The molecule has 0 spiro atoms. The number of benzene rings is 1. The Morgan fingerprint density at radius 3 is 2.33 bits per heavy atom. The zero-order valence-corrected chi connectivity index (χ0v) is 17.8. The number of hydrogen-bond donors (Lipinski definition) is 1. The Kier molecular flexibility index (Phi) is 6.38. The average molecular weight is 385 g/mol. The van der Waals surface area contributed by atoms with E-state index in [4.69, 9.17) is 10.4 Å². The molecule has 0 radical (unpaired) electrons. The van der Waals surface area contributed by atoms with Gasteiger partial charge in [-0.05, 0) is 45.0 Å². The minimum absolute atomic E-state index is 0.0259. The van der Waals surface area contributed by atoms with Crippen LogP contribution in [0.4, 0.5) is 5.82 Å². The van der Waals surface area contributed by atoms with E-state index in [0.29, 0.717) is 17.7 Å². The molecule has 0 saturated heterocycles. The van der Waals surface area contributed by atoms with Gasteiger partial charge in [0.25, 0.3) is 0 Å². The van der Waals surface area contributed by atoms with Crippen molar-refractivity contribution in [2.75, 3.05) is 11.1 Å². The number of thioether (sulfide) groups is 1. The van der Waals surface area contributed by atoms with Crippen LogP contribution in [0.1, 0.15) is 59.2 Å². The van der Waals surface area contributed by atoms with Crippen molar-refractivity contribution in [3.05, 3.63) is 41.6 Å². The van der Waals surface area contributed by atoms with Crippen LogP contribution < -0.4 is 5.32 Å². The number of rotatable bonds is 5. The number of nitriles is 1. The number of aromatic nitrogens is 2. The second-order valence-electron chi connectivity index (χ2n) is 8.53. The molecule has 0 aliphatic carbocycles. The summed E-state index contributed by atoms with van der Waals surface area (Å²) in [6, 6.07) is 11.5. The molecule has 5 nitrogen and oxygen atoms in total. The van der Waals surface area contributed by atoms with Crippen LogP contribution in [0, 0.1) is 11.3 Å². The van der Waals surface area contributed by atoms with Gasteiger partial charge in [0.05, 0.1) is 22.9 Å². The maximum atomic E-state index is 12.4. The predicted molar refractivity (Wildman–Crippen MR) is 111 cm³/mol. The molecule has 2 rings (SSSR count). The van der Waals surface area contributed by atoms with Crippen LogP contribution in [0.15, 0.2) is 35.2 Å². The Morgan fingerprint density at radius 2 is 1.81 bits per heavy atom. The Bertz CT molecular complexity index is 833. The van der Waals surface area contributed by atoms with Crippen molar-refractivity contribution >= 4 is 23.5 Å². The van der Waals surface area contributed by atoms with E-state index in [1.807, 2.05) is 22.9 Å². The van der Waals surface area contributed by atoms with Crippen LogP contribution in [0.3, 0.4) is 0 Å². The molecule has 6 heteroatoms. The van der Waals surface area contributed by atoms with Crippen LogP contribution in [0.2, 0.25) is 0 Å². The van der Waals surface area contributed by atoms with E-state index < -0.39 is 0 Å². The van der Waals surface area contributed by atoms with Gasteiger partial charge in [0.2, 0.25) is 5.91 Å². The summed E-state index contributed by atoms with van der Waals surface area (Å²) in [5.41, 5.74) is 1.30. The minimum Gasteiger partial charge on any atom is -0.311 e. The molecule has 0 saturated carbocycles. The van der Waals surface area contributed by atoms with Gasteiger partial charge in [0.1, 0.15) is 5.82 Å². The van der Waals surface area contributed by atoms with Gasteiger partial charge < -0.3 is 5.32 Å². The fraction of sp³-hybridized carbons (Fsp3) is 0.476. The lowest BCUT2D eigenvalue weighted by Gasteiger charge is -2.23. The number of carbonyl (C=O) groups is 1. The van der Waals surface area contributed by atoms with Crippen LogP contribution in [0.5, 0.6) is 0 Å². The molecule has 0 bridgehead atoms. The first kappa shape index (κ1) is 21.0. The average Bonchev–Trinajstić information content (AvgIpc) is 3.00. The molecule has 1 aromatic carbocycles. The zero-order valence-electron chi connectivity index (χ0n) is 17.0. The molecule has 27 heavy (non-hydrogen) atoms. The number of carbonyl (C=O) groups excluding carboxylic acids is 1. The molecule has 0 atom stereocenters. The summed E-state index contributed by atoms with van der Waals surface area (Å²) >= 11 is 1.61. The number of nitrogens with one attached hydrogen (secondary N) is 1. The fourth-order valence-electron chi connectivity index (χ4n) is 2.44. The molecule has 0 aliphatic rings. The van der Waals surface area contributed by atoms with Crippen LogP contribution in [0.25, 0.3) is 0 Å². The van der Waals surface area contributed by atoms with E-state index >= 15 is 0 Å². The summed E-state index contributed by atoms with van der Waals surface area (Å²) in [6.45, 7) is 12.6. The molecule has 0 aliphatic heterocycles. The molecule has 1 heterocycles. The van der Waals surface area contributed by atoms with Crippen molar-refractivity contribution in [3.63, 3.8) is 0 Å². The highest BCUT2D eigenvalue weighted by molar-refractivity contribution is 7.99. The third kappa shape index (κ3) is 5.86. The van der Waals surface area contributed by atoms with Gasteiger partial charge >= 0.3 is 0 Å². The minimum atomic E-state index is -0.219. The maximum absolute atomic E-state index is 12.4. The van der Waals surface area contributed by atoms with Crippen LogP contribution in [-0.2, 0) is 15.7 Å². The van der Waals surface area contributed by atoms with Crippen molar-refractivity contribution in [3.8, 4) is 6.07 Å². The first-order chi connectivity index (χ1) is 12.5. The van der Waals surface area contributed by atoms with E-state index in [1.165, 1.54) is 0 Å². The highest BCUT2D eigenvalue weighted by Crippen LogP contribution is 2.28. The third-order valence-corrected chi connectivity index (χ3v) is 4.98. The molecule has 1 N–H and O–H groups in total. The lowest BCUT2D eigenvalue weighted by Crippen LogP contribution is -2.27. The molecule has 1 amide bonds. The predicted octanol–water partition coefficient (Wildman–Crippen LogP) is 4.93. The van der Waals surface area contributed by atoms with Crippen molar-refractivity contribution in [2.45, 2.75) is 63.8 Å². The Hall–Kier alpha value is -2.26. The highest BCUT2D eigenvalue weighted by atomic mass is 32.2. The standard InChI is InChI=1S/C21H28N4OS/c1-20(2,3)17-13-18(25(24-17)21(4,5)6)23-19(26)11-12-27-16-9-7-15(14-22)8-10-16/h7-10,13H,11-12H2,1-6H3,(H,23,26). The quantitative estimate of drug-likeness (QED) is 0.742. The van der Waals surface area contributed by atoms with Crippen LogP contribution in [-0.4, -0.2) is 21.4 Å². The molecule has 144 valence electrons. The summed E-state index contributed by atoms with van der Waals surface area (Å²) in [5.74, 6) is 1.39. The van der Waals surface area contributed by atoms with Gasteiger partial charge in [0, 0.05) is 28.6 Å². The summed E-state index contributed by atoms with van der Waals surface area (Å²) in [5, 5.41) is 16.6. The number of amides is 1. The molecular formula is C21H28N4OS. The molecule has 0 unspecified atom stereocenters. The number of nitrogens with zero attached hydrogens (tertiary/aromatic N) is 3. The van der Waals surface area contributed by atoms with Gasteiger partial charge in [-0.2, -0.15) is 10.4 Å². The SMILES string of the molecule is CC(C)(C)c1cc(NC(=O)CCSc2ccc(C#N)cc2)n(C(C)(C)C)n1. The Labute approximate surface area is 166 Å². The lowest BCUT2D eigenvalue weighted by molar-refractivity contribution is -0.115. The van der Waals surface area contributed by atoms with E-state index in [9.17, 15) is 4.79 Å². The molecular weight excluding hydrogens is 356 g/mol. The first-order valence-electron chi connectivity index (χ1n) is 9.04. The third-order valence-electron chi connectivity index (χ3n) is 3.96. The largest absolute Gasteiger partial charge is 0.311 e. The van der Waals surface area contributed by atoms with Gasteiger partial charge in [-0.1, -0.05) is 20.8 Å². The fourth-order valence-corrected chi connectivity index (χ4v) is 3.29. The van der Waals surface area contributed by atoms with Gasteiger partial charge in [-0.15, -0.1) is 11.8 Å². The normalized spacial score (nSPS) is 11.9. The molecule has 2 aromatic rings. The second-order valence-corrected chi connectivity index (χ2v) is 9.70. The zero-order chi connectivity index (χ0) is 20.2. The first-order valence-corrected chi connectivity index (χ1v) is 10.0. The van der Waals surface area contributed by atoms with E-state index in [0.717, 1.165) is 16.4 Å². The summed E-state index contributed by atoms with van der Waals surface area (Å²) in [4.78, 5) is 13.5. The van der Waals surface area contributed by atoms with Gasteiger partial charge in [0.15, 0.2) is 0 Å². The van der Waals surface area contributed by atoms with Crippen molar-refractivity contribution in [1.29, 1.82) is 5.26 Å². The second kappa shape index (κ2) is 8.18. The summed E-state index contributed by atoms with van der Waals surface area (Å²) < 4.78 is 1.89. The number of hydrogen-bond acceptors (Lipinski definition) is 4. The lowest BCUT2D eigenvalue weighted by atomic mass is 9.92. The van der Waals surface area contributed by atoms with Crippen molar-refractivity contribution in [2.24, 2.45) is 0 Å². The van der Waals surface area contributed by atoms with E-state index in [2.05, 4.69) is 52.9 Å². The highest BCUT2D eigenvalue weighted by Gasteiger charge is 2.25. The topological polar surface area (TPSA) is 70.7 Å². The number of anilines is 1. The van der Waals surface area contributed by atoms with E-state index in [1.54, 1.807) is 23.9 Å².